The number of fused-ring (bicyclic) bond motifs is 1. The highest BCUT2D eigenvalue weighted by Crippen LogP contribution is 2.36. The van der Waals surface area contributed by atoms with Gasteiger partial charge in [-0.05, 0) is 41.7 Å². The summed E-state index contributed by atoms with van der Waals surface area (Å²) in [6.45, 7) is 5.42. The Morgan fingerprint density at radius 1 is 1.04 bits per heavy atom. The number of anilines is 1. The molecule has 0 fully saturated rings. The van der Waals surface area contributed by atoms with Crippen molar-refractivity contribution in [2.75, 3.05) is 18.5 Å². The van der Waals surface area contributed by atoms with Gasteiger partial charge in [0.05, 0.1) is 0 Å². The van der Waals surface area contributed by atoms with Crippen molar-refractivity contribution in [1.29, 1.82) is 0 Å². The lowest BCUT2D eigenvalue weighted by atomic mass is 9.85. The number of hydrogen-bond donors (Lipinski definition) is 1. The predicted molar refractivity (Wildman–Crippen MR) is 94.7 cm³/mol. The third-order valence-electron chi connectivity index (χ3n) is 4.26. The van der Waals surface area contributed by atoms with Crippen molar-refractivity contribution in [1.82, 2.24) is 0 Å². The van der Waals surface area contributed by atoms with Gasteiger partial charge < -0.3 is 14.8 Å². The number of carbonyl (C=O) groups excluding carboxylic acids is 1. The fourth-order valence-corrected chi connectivity index (χ4v) is 2.96. The number of amides is 1. The monoisotopic (exact) mass is 325 g/mol. The summed E-state index contributed by atoms with van der Waals surface area (Å²) in [6.07, 6.45) is 0.437. The normalized spacial score (nSPS) is 14.3. The van der Waals surface area contributed by atoms with E-state index >= 15 is 0 Å². The average Bonchev–Trinajstić information content (AvgIpc) is 2.60. The summed E-state index contributed by atoms with van der Waals surface area (Å²) in [4.78, 5) is 12.4. The zero-order chi connectivity index (χ0) is 16.9. The third kappa shape index (κ3) is 3.88. The minimum atomic E-state index is 0.0230. The Kier molecular flexibility index (Phi) is 5.04. The third-order valence-corrected chi connectivity index (χ3v) is 4.26. The van der Waals surface area contributed by atoms with Gasteiger partial charge in [-0.1, -0.05) is 38.1 Å². The molecule has 2 aromatic carbocycles. The van der Waals surface area contributed by atoms with Crippen LogP contribution < -0.4 is 14.8 Å². The molecular formula is C20H23NO3. The average molecular weight is 325 g/mol. The van der Waals surface area contributed by atoms with Crippen LogP contribution in [0.15, 0.2) is 48.5 Å². The van der Waals surface area contributed by atoms with Crippen molar-refractivity contribution >= 4 is 11.6 Å². The van der Waals surface area contributed by atoms with Crippen LogP contribution in [0, 0.1) is 5.92 Å². The van der Waals surface area contributed by atoms with E-state index in [1.54, 1.807) is 0 Å². The molecular weight excluding hydrogens is 302 g/mol. The maximum atomic E-state index is 12.4. The fourth-order valence-electron chi connectivity index (χ4n) is 2.96. The maximum Gasteiger partial charge on any atom is 0.224 e. The Bertz CT molecular complexity index is 697. The number of nitrogens with one attached hydrogen (secondary N) is 1. The quantitative estimate of drug-likeness (QED) is 0.895. The number of para-hydroxylation sites is 1. The predicted octanol–water partition coefficient (Wildman–Crippen LogP) is 4.23. The highest BCUT2D eigenvalue weighted by atomic mass is 16.6. The summed E-state index contributed by atoms with van der Waals surface area (Å²) < 4.78 is 11.2. The van der Waals surface area contributed by atoms with Gasteiger partial charge in [-0.25, -0.2) is 0 Å². The zero-order valence-corrected chi connectivity index (χ0v) is 14.1. The van der Waals surface area contributed by atoms with Gasteiger partial charge in [-0.2, -0.15) is 0 Å². The first-order valence-corrected chi connectivity index (χ1v) is 8.38. The van der Waals surface area contributed by atoms with E-state index < -0.39 is 0 Å². The molecule has 1 aliphatic rings. The molecule has 3 rings (SSSR count). The largest absolute Gasteiger partial charge is 0.486 e. The lowest BCUT2D eigenvalue weighted by molar-refractivity contribution is -0.116. The van der Waals surface area contributed by atoms with Gasteiger partial charge in [0.1, 0.15) is 13.2 Å². The van der Waals surface area contributed by atoms with E-state index in [0.29, 0.717) is 25.6 Å². The molecule has 0 aliphatic carbocycles. The van der Waals surface area contributed by atoms with E-state index in [4.69, 9.17) is 9.47 Å². The molecule has 1 unspecified atom stereocenters. The Morgan fingerprint density at radius 3 is 2.46 bits per heavy atom. The Hall–Kier alpha value is -2.49. The summed E-state index contributed by atoms with van der Waals surface area (Å²) in [5.74, 6) is 2.04. The Labute approximate surface area is 142 Å². The topological polar surface area (TPSA) is 47.6 Å². The van der Waals surface area contributed by atoms with Crippen LogP contribution in [0.1, 0.15) is 31.7 Å². The SMILES string of the molecule is CC(C)C(CC(=O)Nc1ccccc1)c1ccc2c(c1)OCCO2. The number of benzene rings is 2. The highest BCUT2D eigenvalue weighted by molar-refractivity contribution is 5.91. The van der Waals surface area contributed by atoms with Gasteiger partial charge >= 0.3 is 0 Å². The van der Waals surface area contributed by atoms with Crippen molar-refractivity contribution < 1.29 is 14.3 Å². The van der Waals surface area contributed by atoms with E-state index in [-0.39, 0.29) is 11.8 Å². The van der Waals surface area contributed by atoms with E-state index in [1.807, 2.05) is 48.5 Å². The highest BCUT2D eigenvalue weighted by Gasteiger charge is 2.22. The fraction of sp³-hybridized carbons (Fsp3) is 0.350. The second kappa shape index (κ2) is 7.39. The second-order valence-corrected chi connectivity index (χ2v) is 6.37. The van der Waals surface area contributed by atoms with Crippen molar-refractivity contribution in [2.45, 2.75) is 26.2 Å². The molecule has 24 heavy (non-hydrogen) atoms. The molecule has 0 radical (unpaired) electrons. The van der Waals surface area contributed by atoms with Crippen molar-refractivity contribution in [3.05, 3.63) is 54.1 Å². The number of rotatable bonds is 5. The molecule has 1 N–H and O–H groups in total. The molecule has 0 aromatic heterocycles. The summed E-state index contributed by atoms with van der Waals surface area (Å²) in [6, 6.07) is 15.5. The second-order valence-electron chi connectivity index (χ2n) is 6.37. The summed E-state index contributed by atoms with van der Waals surface area (Å²) in [7, 11) is 0. The summed E-state index contributed by atoms with van der Waals surface area (Å²) >= 11 is 0. The van der Waals surface area contributed by atoms with E-state index in [2.05, 4.69) is 19.2 Å². The number of hydrogen-bond acceptors (Lipinski definition) is 3. The van der Waals surface area contributed by atoms with Crippen LogP contribution in [0.2, 0.25) is 0 Å². The molecule has 126 valence electrons. The molecule has 0 saturated carbocycles. The first-order chi connectivity index (χ1) is 11.6. The number of carbonyl (C=O) groups is 1. The summed E-state index contributed by atoms with van der Waals surface area (Å²) in [5.41, 5.74) is 1.93. The molecule has 1 heterocycles. The van der Waals surface area contributed by atoms with Gasteiger partial charge in [0.15, 0.2) is 11.5 Å². The molecule has 4 heteroatoms. The molecule has 1 amide bonds. The lowest BCUT2D eigenvalue weighted by Crippen LogP contribution is -2.19. The molecule has 0 saturated heterocycles. The van der Waals surface area contributed by atoms with E-state index in [0.717, 1.165) is 22.7 Å². The molecule has 4 nitrogen and oxygen atoms in total. The van der Waals surface area contributed by atoms with Crippen LogP contribution in [0.3, 0.4) is 0 Å². The van der Waals surface area contributed by atoms with Crippen LogP contribution in [0.5, 0.6) is 11.5 Å². The van der Waals surface area contributed by atoms with Gasteiger partial charge in [0, 0.05) is 12.1 Å². The van der Waals surface area contributed by atoms with Gasteiger partial charge in [0.25, 0.3) is 0 Å². The Morgan fingerprint density at radius 2 is 1.75 bits per heavy atom. The smallest absolute Gasteiger partial charge is 0.224 e. The van der Waals surface area contributed by atoms with Gasteiger partial charge in [0.2, 0.25) is 5.91 Å². The minimum Gasteiger partial charge on any atom is -0.486 e. The van der Waals surface area contributed by atoms with Crippen LogP contribution in [-0.4, -0.2) is 19.1 Å². The minimum absolute atomic E-state index is 0.0230. The zero-order valence-electron chi connectivity index (χ0n) is 14.1. The molecule has 2 aromatic rings. The number of ether oxygens (including phenoxy) is 2. The molecule has 0 spiro atoms. The van der Waals surface area contributed by atoms with E-state index in [9.17, 15) is 4.79 Å². The van der Waals surface area contributed by atoms with Gasteiger partial charge in [-0.15, -0.1) is 0 Å². The van der Waals surface area contributed by atoms with Crippen LogP contribution in [0.25, 0.3) is 0 Å². The summed E-state index contributed by atoms with van der Waals surface area (Å²) in [5, 5.41) is 2.96. The molecule has 0 bridgehead atoms. The molecule has 1 atom stereocenters. The van der Waals surface area contributed by atoms with Crippen molar-refractivity contribution in [3.8, 4) is 11.5 Å². The first kappa shape index (κ1) is 16.4. The van der Waals surface area contributed by atoms with Gasteiger partial charge in [-0.3, -0.25) is 4.79 Å². The molecule has 1 aliphatic heterocycles. The van der Waals surface area contributed by atoms with E-state index in [1.165, 1.54) is 0 Å². The van der Waals surface area contributed by atoms with Crippen LogP contribution in [0.4, 0.5) is 5.69 Å². The standard InChI is InChI=1S/C20H23NO3/c1-14(2)17(13-20(22)21-16-6-4-3-5-7-16)15-8-9-18-19(12-15)24-11-10-23-18/h3-9,12,14,17H,10-11,13H2,1-2H3,(H,21,22). The van der Waals surface area contributed by atoms with Crippen molar-refractivity contribution in [3.63, 3.8) is 0 Å². The maximum absolute atomic E-state index is 12.4. The van der Waals surface area contributed by atoms with Crippen molar-refractivity contribution in [2.24, 2.45) is 5.92 Å². The van der Waals surface area contributed by atoms with Crippen LogP contribution >= 0.6 is 0 Å². The Balaban J connectivity index is 1.74. The lowest BCUT2D eigenvalue weighted by Gasteiger charge is -2.24. The first-order valence-electron chi connectivity index (χ1n) is 8.38. The van der Waals surface area contributed by atoms with Crippen LogP contribution in [-0.2, 0) is 4.79 Å².